The van der Waals surface area contributed by atoms with Crippen molar-refractivity contribution in [3.05, 3.63) is 0 Å². The zero-order valence-electron chi connectivity index (χ0n) is 13.6. The van der Waals surface area contributed by atoms with Crippen molar-refractivity contribution in [1.82, 2.24) is 9.80 Å². The van der Waals surface area contributed by atoms with Gasteiger partial charge in [-0.3, -0.25) is 0 Å². The van der Waals surface area contributed by atoms with Crippen molar-refractivity contribution in [1.29, 1.82) is 0 Å². The standard InChI is InChI=1S/C16H35N3/c1-14(2)11-16(12-17)5-6-18-7-9-19(10-8-18)13-15(3)4/h14-16H,5-13,17H2,1-4H3. The van der Waals surface area contributed by atoms with Crippen molar-refractivity contribution in [2.75, 3.05) is 45.8 Å². The highest BCUT2D eigenvalue weighted by Gasteiger charge is 2.18. The first-order valence-electron chi connectivity index (χ1n) is 8.16. The molecule has 3 heteroatoms. The van der Waals surface area contributed by atoms with Gasteiger partial charge in [-0.25, -0.2) is 0 Å². The monoisotopic (exact) mass is 269 g/mol. The largest absolute Gasteiger partial charge is 0.330 e. The molecule has 0 aromatic carbocycles. The van der Waals surface area contributed by atoms with E-state index < -0.39 is 0 Å². The molecule has 0 aliphatic carbocycles. The van der Waals surface area contributed by atoms with Gasteiger partial charge in [0.05, 0.1) is 0 Å². The van der Waals surface area contributed by atoms with E-state index >= 15 is 0 Å². The van der Waals surface area contributed by atoms with E-state index in [-0.39, 0.29) is 0 Å². The summed E-state index contributed by atoms with van der Waals surface area (Å²) in [7, 11) is 0. The second-order valence-corrected chi connectivity index (χ2v) is 7.06. The normalized spacial score (nSPS) is 20.4. The van der Waals surface area contributed by atoms with Crippen molar-refractivity contribution in [2.24, 2.45) is 23.5 Å². The third kappa shape index (κ3) is 7.28. The van der Waals surface area contributed by atoms with Gasteiger partial charge >= 0.3 is 0 Å². The number of hydrogen-bond acceptors (Lipinski definition) is 3. The Kier molecular flexibility index (Phi) is 7.96. The molecule has 0 bridgehead atoms. The molecule has 3 nitrogen and oxygen atoms in total. The average Bonchev–Trinajstić information content (AvgIpc) is 2.35. The summed E-state index contributed by atoms with van der Waals surface area (Å²) in [5, 5.41) is 0. The lowest BCUT2D eigenvalue weighted by molar-refractivity contribution is 0.116. The summed E-state index contributed by atoms with van der Waals surface area (Å²) in [6.07, 6.45) is 2.56. The number of rotatable bonds is 8. The van der Waals surface area contributed by atoms with Crippen LogP contribution in [0, 0.1) is 17.8 Å². The summed E-state index contributed by atoms with van der Waals surface area (Å²) in [4.78, 5) is 5.23. The smallest absolute Gasteiger partial charge is 0.0110 e. The summed E-state index contributed by atoms with van der Waals surface area (Å²) < 4.78 is 0. The quantitative estimate of drug-likeness (QED) is 0.734. The molecule has 1 rings (SSSR count). The van der Waals surface area contributed by atoms with Crippen LogP contribution in [-0.2, 0) is 0 Å². The van der Waals surface area contributed by atoms with E-state index in [2.05, 4.69) is 37.5 Å². The van der Waals surface area contributed by atoms with Crippen LogP contribution >= 0.6 is 0 Å². The van der Waals surface area contributed by atoms with Crippen LogP contribution in [0.2, 0.25) is 0 Å². The van der Waals surface area contributed by atoms with Crippen molar-refractivity contribution in [2.45, 2.75) is 40.5 Å². The van der Waals surface area contributed by atoms with E-state index in [0.717, 1.165) is 18.4 Å². The Bertz CT molecular complexity index is 220. The van der Waals surface area contributed by atoms with Crippen molar-refractivity contribution in [3.8, 4) is 0 Å². The fraction of sp³-hybridized carbons (Fsp3) is 1.00. The molecule has 1 saturated heterocycles. The highest BCUT2D eigenvalue weighted by atomic mass is 15.3. The van der Waals surface area contributed by atoms with Crippen molar-refractivity contribution < 1.29 is 0 Å². The first-order valence-corrected chi connectivity index (χ1v) is 8.16. The van der Waals surface area contributed by atoms with Gasteiger partial charge in [-0.2, -0.15) is 0 Å². The molecule has 114 valence electrons. The van der Waals surface area contributed by atoms with E-state index in [1.165, 1.54) is 52.1 Å². The molecule has 1 heterocycles. The van der Waals surface area contributed by atoms with Crippen molar-refractivity contribution >= 4 is 0 Å². The molecule has 1 fully saturated rings. The fourth-order valence-electron chi connectivity index (χ4n) is 3.08. The molecule has 0 aromatic heterocycles. The van der Waals surface area contributed by atoms with E-state index in [4.69, 9.17) is 5.73 Å². The molecular formula is C16H35N3. The highest BCUT2D eigenvalue weighted by molar-refractivity contribution is 4.74. The Hall–Kier alpha value is -0.120. The molecule has 2 N–H and O–H groups in total. The van der Waals surface area contributed by atoms with Gasteiger partial charge in [-0.05, 0) is 43.7 Å². The molecule has 1 atom stereocenters. The van der Waals surface area contributed by atoms with Gasteiger partial charge in [-0.15, -0.1) is 0 Å². The Morgan fingerprint density at radius 1 is 0.895 bits per heavy atom. The molecule has 0 spiro atoms. The zero-order valence-corrected chi connectivity index (χ0v) is 13.6. The SMILES string of the molecule is CC(C)CC(CN)CCN1CCN(CC(C)C)CC1. The van der Waals surface area contributed by atoms with Gasteiger partial charge in [0.15, 0.2) is 0 Å². The maximum absolute atomic E-state index is 5.89. The minimum Gasteiger partial charge on any atom is -0.330 e. The second-order valence-electron chi connectivity index (χ2n) is 7.06. The van der Waals surface area contributed by atoms with Crippen LogP contribution < -0.4 is 5.73 Å². The predicted molar refractivity (Wildman–Crippen MR) is 84.3 cm³/mol. The Labute approximate surface area is 120 Å². The van der Waals surface area contributed by atoms with Gasteiger partial charge in [-0.1, -0.05) is 27.7 Å². The van der Waals surface area contributed by atoms with Gasteiger partial charge in [0, 0.05) is 32.7 Å². The van der Waals surface area contributed by atoms with Gasteiger partial charge in [0.1, 0.15) is 0 Å². The minimum absolute atomic E-state index is 0.716. The highest BCUT2D eigenvalue weighted by Crippen LogP contribution is 2.15. The van der Waals surface area contributed by atoms with Crippen LogP contribution in [0.15, 0.2) is 0 Å². The maximum Gasteiger partial charge on any atom is 0.0110 e. The van der Waals surface area contributed by atoms with Crippen LogP contribution in [0.25, 0.3) is 0 Å². The van der Waals surface area contributed by atoms with Gasteiger partial charge < -0.3 is 15.5 Å². The third-order valence-corrected chi connectivity index (χ3v) is 4.08. The van der Waals surface area contributed by atoms with E-state index in [1.54, 1.807) is 0 Å². The molecule has 1 aliphatic heterocycles. The Morgan fingerprint density at radius 3 is 1.95 bits per heavy atom. The first kappa shape index (κ1) is 16.9. The third-order valence-electron chi connectivity index (χ3n) is 4.08. The number of hydrogen-bond donors (Lipinski definition) is 1. The Balaban J connectivity index is 2.18. The second kappa shape index (κ2) is 8.93. The summed E-state index contributed by atoms with van der Waals surface area (Å²) >= 11 is 0. The maximum atomic E-state index is 5.89. The van der Waals surface area contributed by atoms with Crippen LogP contribution in [0.5, 0.6) is 0 Å². The molecule has 0 amide bonds. The molecule has 0 radical (unpaired) electrons. The molecule has 19 heavy (non-hydrogen) atoms. The summed E-state index contributed by atoms with van der Waals surface area (Å²) in [6.45, 7) is 17.5. The topological polar surface area (TPSA) is 32.5 Å². The van der Waals surface area contributed by atoms with Crippen LogP contribution in [-0.4, -0.2) is 55.6 Å². The first-order chi connectivity index (χ1) is 9.01. The number of nitrogens with zero attached hydrogens (tertiary/aromatic N) is 2. The molecule has 0 aromatic rings. The van der Waals surface area contributed by atoms with Crippen LogP contribution in [0.3, 0.4) is 0 Å². The summed E-state index contributed by atoms with van der Waals surface area (Å²) in [5.41, 5.74) is 5.89. The van der Waals surface area contributed by atoms with E-state index in [1.807, 2.05) is 0 Å². The van der Waals surface area contributed by atoms with Crippen LogP contribution in [0.1, 0.15) is 40.5 Å². The molecule has 1 unspecified atom stereocenters. The van der Waals surface area contributed by atoms with Crippen LogP contribution in [0.4, 0.5) is 0 Å². The lowest BCUT2D eigenvalue weighted by atomic mass is 9.94. The Morgan fingerprint density at radius 2 is 1.47 bits per heavy atom. The van der Waals surface area contributed by atoms with Gasteiger partial charge in [0.2, 0.25) is 0 Å². The lowest BCUT2D eigenvalue weighted by Crippen LogP contribution is -2.47. The minimum atomic E-state index is 0.716. The van der Waals surface area contributed by atoms with E-state index in [9.17, 15) is 0 Å². The molecule has 0 saturated carbocycles. The van der Waals surface area contributed by atoms with Gasteiger partial charge in [0.25, 0.3) is 0 Å². The average molecular weight is 269 g/mol. The lowest BCUT2D eigenvalue weighted by Gasteiger charge is -2.36. The van der Waals surface area contributed by atoms with E-state index in [0.29, 0.717) is 5.92 Å². The summed E-state index contributed by atoms with van der Waals surface area (Å²) in [5.74, 6) is 2.28. The predicted octanol–water partition coefficient (Wildman–Crippen LogP) is 2.27. The fourth-order valence-corrected chi connectivity index (χ4v) is 3.08. The number of nitrogens with two attached hydrogens (primary N) is 1. The van der Waals surface area contributed by atoms with Crippen molar-refractivity contribution in [3.63, 3.8) is 0 Å². The number of piperazine rings is 1. The molecular weight excluding hydrogens is 234 g/mol. The molecule has 1 aliphatic rings. The zero-order chi connectivity index (χ0) is 14.3. The summed E-state index contributed by atoms with van der Waals surface area (Å²) in [6, 6.07) is 0.